The summed E-state index contributed by atoms with van der Waals surface area (Å²) in [5, 5.41) is 2.92. The molecule has 0 saturated heterocycles. The van der Waals surface area contributed by atoms with Crippen LogP contribution in [0.2, 0.25) is 0 Å². The fourth-order valence-corrected chi connectivity index (χ4v) is 3.56. The number of hydrogen-bond donors (Lipinski definition) is 1. The molecule has 0 aliphatic carbocycles. The van der Waals surface area contributed by atoms with Crippen molar-refractivity contribution >= 4 is 16.9 Å². The minimum atomic E-state index is -0.223. The Kier molecular flexibility index (Phi) is 6.21. The number of carbonyl (C=O) groups is 1. The number of rotatable bonds is 7. The van der Waals surface area contributed by atoms with E-state index in [0.29, 0.717) is 25.4 Å². The molecule has 6 nitrogen and oxygen atoms in total. The summed E-state index contributed by atoms with van der Waals surface area (Å²) >= 11 is 0. The summed E-state index contributed by atoms with van der Waals surface area (Å²) < 4.78 is 8.09. The molecule has 1 N–H and O–H groups in total. The van der Waals surface area contributed by atoms with Gasteiger partial charge < -0.3 is 14.6 Å². The molecule has 0 atom stereocenters. The van der Waals surface area contributed by atoms with Gasteiger partial charge in [-0.15, -0.1) is 0 Å². The normalized spacial score (nSPS) is 11.5. The number of carbonyl (C=O) groups excluding carboxylic acids is 1. The van der Waals surface area contributed by atoms with Crippen molar-refractivity contribution in [1.82, 2.24) is 19.9 Å². The largest absolute Gasteiger partial charge is 0.492 e. The number of aromatic nitrogens is 3. The second-order valence-corrected chi connectivity index (χ2v) is 8.69. The Labute approximate surface area is 188 Å². The summed E-state index contributed by atoms with van der Waals surface area (Å²) in [5.74, 6) is 1.40. The first-order chi connectivity index (χ1) is 15.4. The maximum atomic E-state index is 12.4. The molecule has 2 aromatic carbocycles. The van der Waals surface area contributed by atoms with Crippen LogP contribution in [0.25, 0.3) is 11.0 Å². The number of para-hydroxylation sites is 2. The maximum absolute atomic E-state index is 12.4. The van der Waals surface area contributed by atoms with Crippen molar-refractivity contribution in [3.8, 4) is 5.75 Å². The molecule has 0 radical (unpaired) electrons. The number of nitrogens with one attached hydrogen (secondary N) is 1. The molecule has 0 unspecified atom stereocenters. The third-order valence-corrected chi connectivity index (χ3v) is 5.34. The second kappa shape index (κ2) is 9.22. The standard InChI is InChI=1S/C26H28N4O2/c1-26(2,3)19-11-13-20(14-12-19)32-17-16-30-23-10-5-4-8-21(23)29-24(30)18-28-25(31)22-9-6-7-15-27-22/h4-15H,16-18H2,1-3H3,(H,28,31). The van der Waals surface area contributed by atoms with Crippen molar-refractivity contribution in [3.63, 3.8) is 0 Å². The van der Waals surface area contributed by atoms with Crippen LogP contribution in [0.1, 0.15) is 42.6 Å². The van der Waals surface area contributed by atoms with Gasteiger partial charge in [0.1, 0.15) is 23.9 Å². The summed E-state index contributed by atoms with van der Waals surface area (Å²) in [4.78, 5) is 21.2. The Bertz CT molecular complexity index is 1190. The van der Waals surface area contributed by atoms with E-state index in [1.54, 1.807) is 24.4 Å². The Morgan fingerprint density at radius 1 is 1.00 bits per heavy atom. The van der Waals surface area contributed by atoms with Crippen LogP contribution < -0.4 is 10.1 Å². The zero-order valence-corrected chi connectivity index (χ0v) is 18.7. The quantitative estimate of drug-likeness (QED) is 0.462. The molecule has 1 amide bonds. The predicted molar refractivity (Wildman–Crippen MR) is 126 cm³/mol. The number of imidazole rings is 1. The molecule has 164 valence electrons. The summed E-state index contributed by atoms with van der Waals surface area (Å²) in [6.45, 7) is 8.01. The van der Waals surface area contributed by atoms with Gasteiger partial charge in [0.15, 0.2) is 0 Å². The molecule has 4 aromatic rings. The van der Waals surface area contributed by atoms with E-state index in [2.05, 4.69) is 47.8 Å². The Balaban J connectivity index is 1.45. The van der Waals surface area contributed by atoms with Gasteiger partial charge in [-0.2, -0.15) is 0 Å². The molecular formula is C26H28N4O2. The van der Waals surface area contributed by atoms with Crippen LogP contribution in [0.5, 0.6) is 5.75 Å². The van der Waals surface area contributed by atoms with Crippen molar-refractivity contribution < 1.29 is 9.53 Å². The van der Waals surface area contributed by atoms with Crippen molar-refractivity contribution in [2.45, 2.75) is 39.3 Å². The second-order valence-electron chi connectivity index (χ2n) is 8.69. The van der Waals surface area contributed by atoms with E-state index < -0.39 is 0 Å². The fourth-order valence-electron chi connectivity index (χ4n) is 3.56. The first kappa shape index (κ1) is 21.6. The number of fused-ring (bicyclic) bond motifs is 1. The third-order valence-electron chi connectivity index (χ3n) is 5.34. The number of amides is 1. The molecule has 32 heavy (non-hydrogen) atoms. The Morgan fingerprint density at radius 3 is 2.47 bits per heavy atom. The molecule has 6 heteroatoms. The van der Waals surface area contributed by atoms with E-state index in [9.17, 15) is 4.79 Å². The van der Waals surface area contributed by atoms with Crippen LogP contribution in [0.3, 0.4) is 0 Å². The zero-order valence-electron chi connectivity index (χ0n) is 18.7. The highest BCUT2D eigenvalue weighted by atomic mass is 16.5. The topological polar surface area (TPSA) is 69.0 Å². The highest BCUT2D eigenvalue weighted by Crippen LogP contribution is 2.24. The third kappa shape index (κ3) is 4.97. The van der Waals surface area contributed by atoms with E-state index in [1.165, 1.54) is 5.56 Å². The van der Waals surface area contributed by atoms with Crippen molar-refractivity contribution in [2.24, 2.45) is 0 Å². The molecule has 0 fully saturated rings. The molecule has 4 rings (SSSR count). The SMILES string of the molecule is CC(C)(C)c1ccc(OCCn2c(CNC(=O)c3ccccn3)nc3ccccc32)cc1. The van der Waals surface area contributed by atoms with Crippen LogP contribution in [0.15, 0.2) is 72.9 Å². The van der Waals surface area contributed by atoms with Crippen LogP contribution >= 0.6 is 0 Å². The van der Waals surface area contributed by atoms with E-state index in [0.717, 1.165) is 22.6 Å². The van der Waals surface area contributed by atoms with Gasteiger partial charge in [0, 0.05) is 6.20 Å². The van der Waals surface area contributed by atoms with Gasteiger partial charge in [0.2, 0.25) is 0 Å². The summed E-state index contributed by atoms with van der Waals surface area (Å²) in [6, 6.07) is 21.5. The minimum Gasteiger partial charge on any atom is -0.492 e. The van der Waals surface area contributed by atoms with E-state index in [1.807, 2.05) is 36.4 Å². The van der Waals surface area contributed by atoms with Crippen LogP contribution in [0.4, 0.5) is 0 Å². The summed E-state index contributed by atoms with van der Waals surface area (Å²) in [7, 11) is 0. The number of benzene rings is 2. The van der Waals surface area contributed by atoms with Crippen LogP contribution in [-0.4, -0.2) is 27.0 Å². The number of nitrogens with zero attached hydrogens (tertiary/aromatic N) is 3. The highest BCUT2D eigenvalue weighted by molar-refractivity contribution is 5.92. The number of pyridine rings is 1. The highest BCUT2D eigenvalue weighted by Gasteiger charge is 2.14. The first-order valence-electron chi connectivity index (χ1n) is 10.8. The predicted octanol–water partition coefficient (Wildman–Crippen LogP) is 4.74. The van der Waals surface area contributed by atoms with Gasteiger partial charge in [-0.05, 0) is 47.4 Å². The zero-order chi connectivity index (χ0) is 22.6. The fraction of sp³-hybridized carbons (Fsp3) is 0.269. The molecule has 0 bridgehead atoms. The smallest absolute Gasteiger partial charge is 0.270 e. The monoisotopic (exact) mass is 428 g/mol. The first-order valence-corrected chi connectivity index (χ1v) is 10.8. The van der Waals surface area contributed by atoms with E-state index in [-0.39, 0.29) is 11.3 Å². The average molecular weight is 429 g/mol. The van der Waals surface area contributed by atoms with Gasteiger partial charge in [-0.1, -0.05) is 51.1 Å². The van der Waals surface area contributed by atoms with Gasteiger partial charge in [0.25, 0.3) is 5.91 Å². The molecular weight excluding hydrogens is 400 g/mol. The minimum absolute atomic E-state index is 0.114. The Hall–Kier alpha value is -3.67. The van der Waals surface area contributed by atoms with Gasteiger partial charge in [-0.25, -0.2) is 4.98 Å². The van der Waals surface area contributed by atoms with Crippen molar-refractivity contribution in [2.75, 3.05) is 6.61 Å². The lowest BCUT2D eigenvalue weighted by atomic mass is 9.87. The van der Waals surface area contributed by atoms with Gasteiger partial charge >= 0.3 is 0 Å². The van der Waals surface area contributed by atoms with Gasteiger partial charge in [-0.3, -0.25) is 9.78 Å². The lowest BCUT2D eigenvalue weighted by molar-refractivity contribution is 0.0944. The number of ether oxygens (including phenoxy) is 1. The van der Waals surface area contributed by atoms with Crippen molar-refractivity contribution in [1.29, 1.82) is 0 Å². The van der Waals surface area contributed by atoms with Crippen molar-refractivity contribution in [3.05, 3.63) is 90.0 Å². The molecule has 0 saturated carbocycles. The molecule has 0 spiro atoms. The van der Waals surface area contributed by atoms with E-state index >= 15 is 0 Å². The van der Waals surface area contributed by atoms with Gasteiger partial charge in [0.05, 0.1) is 24.1 Å². The maximum Gasteiger partial charge on any atom is 0.270 e. The lowest BCUT2D eigenvalue weighted by Crippen LogP contribution is -2.26. The van der Waals surface area contributed by atoms with Crippen LogP contribution in [0, 0.1) is 0 Å². The molecule has 2 aromatic heterocycles. The average Bonchev–Trinajstić information content (AvgIpc) is 3.15. The molecule has 2 heterocycles. The molecule has 0 aliphatic rings. The Morgan fingerprint density at radius 2 is 1.75 bits per heavy atom. The van der Waals surface area contributed by atoms with E-state index in [4.69, 9.17) is 9.72 Å². The number of hydrogen-bond acceptors (Lipinski definition) is 4. The van der Waals surface area contributed by atoms with Crippen LogP contribution in [-0.2, 0) is 18.5 Å². The molecule has 0 aliphatic heterocycles. The lowest BCUT2D eigenvalue weighted by Gasteiger charge is -2.19. The summed E-state index contributed by atoms with van der Waals surface area (Å²) in [5.41, 5.74) is 3.68. The summed E-state index contributed by atoms with van der Waals surface area (Å²) in [6.07, 6.45) is 1.61.